The second-order valence-corrected chi connectivity index (χ2v) is 6.94. The van der Waals surface area contributed by atoms with E-state index in [1.165, 1.54) is 4.31 Å². The van der Waals surface area contributed by atoms with E-state index in [-0.39, 0.29) is 6.04 Å². The van der Waals surface area contributed by atoms with Crippen LogP contribution >= 0.6 is 0 Å². The highest BCUT2D eigenvalue weighted by atomic mass is 32.2. The van der Waals surface area contributed by atoms with E-state index in [1.54, 1.807) is 7.05 Å². The van der Waals surface area contributed by atoms with Gasteiger partial charge in [-0.1, -0.05) is 30.3 Å². The molecular formula is C13H22N2O2S. The minimum Gasteiger partial charge on any atom is -0.195 e. The van der Waals surface area contributed by atoms with Gasteiger partial charge in [-0.2, -0.15) is 17.4 Å². The van der Waals surface area contributed by atoms with Crippen LogP contribution in [0.4, 0.5) is 0 Å². The Labute approximate surface area is 110 Å². The van der Waals surface area contributed by atoms with Crippen molar-refractivity contribution in [3.63, 3.8) is 0 Å². The highest BCUT2D eigenvalue weighted by molar-refractivity contribution is 7.87. The molecular weight excluding hydrogens is 248 g/mol. The van der Waals surface area contributed by atoms with Crippen molar-refractivity contribution in [3.8, 4) is 0 Å². The van der Waals surface area contributed by atoms with Crippen molar-refractivity contribution < 1.29 is 8.42 Å². The number of nitrogens with one attached hydrogen (secondary N) is 1. The summed E-state index contributed by atoms with van der Waals surface area (Å²) in [7, 11) is -1.90. The van der Waals surface area contributed by atoms with Crippen LogP contribution in [-0.2, 0) is 15.7 Å². The van der Waals surface area contributed by atoms with Gasteiger partial charge in [-0.25, -0.2) is 0 Å². The summed E-state index contributed by atoms with van der Waals surface area (Å²) in [6.45, 7) is 7.39. The monoisotopic (exact) mass is 270 g/mol. The van der Waals surface area contributed by atoms with Gasteiger partial charge in [0.2, 0.25) is 0 Å². The fraction of sp³-hybridized carbons (Fsp3) is 0.538. The summed E-state index contributed by atoms with van der Waals surface area (Å²) in [6.07, 6.45) is 0. The number of hydrogen-bond donors (Lipinski definition) is 1. The molecule has 5 heteroatoms. The first-order chi connectivity index (χ1) is 8.17. The van der Waals surface area contributed by atoms with Gasteiger partial charge < -0.3 is 0 Å². The molecule has 18 heavy (non-hydrogen) atoms. The maximum Gasteiger partial charge on any atom is 0.280 e. The Hall–Kier alpha value is -0.910. The molecule has 0 saturated carbocycles. The van der Waals surface area contributed by atoms with Crippen LogP contribution < -0.4 is 4.72 Å². The van der Waals surface area contributed by atoms with E-state index in [4.69, 9.17) is 0 Å². The molecule has 1 rings (SSSR count). The van der Waals surface area contributed by atoms with Crippen LogP contribution in [0.15, 0.2) is 30.3 Å². The van der Waals surface area contributed by atoms with E-state index in [9.17, 15) is 8.42 Å². The molecule has 0 aliphatic rings. The van der Waals surface area contributed by atoms with Crippen molar-refractivity contribution in [1.82, 2.24) is 9.03 Å². The maximum absolute atomic E-state index is 12.2. The van der Waals surface area contributed by atoms with Gasteiger partial charge in [0.1, 0.15) is 0 Å². The van der Waals surface area contributed by atoms with Crippen LogP contribution in [0.25, 0.3) is 0 Å². The van der Waals surface area contributed by atoms with E-state index < -0.39 is 15.7 Å². The van der Waals surface area contributed by atoms with Crippen LogP contribution in [0.2, 0.25) is 0 Å². The third kappa shape index (κ3) is 3.54. The van der Waals surface area contributed by atoms with Gasteiger partial charge in [0.05, 0.1) is 5.54 Å². The van der Waals surface area contributed by atoms with Crippen LogP contribution in [0.1, 0.15) is 33.3 Å². The molecule has 0 fully saturated rings. The van der Waals surface area contributed by atoms with Crippen molar-refractivity contribution in [2.45, 2.75) is 39.3 Å². The minimum atomic E-state index is -3.48. The highest BCUT2D eigenvalue weighted by Crippen LogP contribution is 2.21. The first-order valence-corrected chi connectivity index (χ1v) is 7.43. The molecule has 0 unspecified atom stereocenters. The van der Waals surface area contributed by atoms with Crippen LogP contribution in [-0.4, -0.2) is 25.8 Å². The largest absolute Gasteiger partial charge is 0.280 e. The van der Waals surface area contributed by atoms with Gasteiger partial charge in [0, 0.05) is 13.1 Å². The normalized spacial score (nSPS) is 13.3. The fourth-order valence-electron chi connectivity index (χ4n) is 1.59. The molecule has 0 atom stereocenters. The first kappa shape index (κ1) is 15.1. The van der Waals surface area contributed by atoms with Crippen molar-refractivity contribution in [2.75, 3.05) is 7.05 Å². The van der Waals surface area contributed by atoms with Gasteiger partial charge in [0.15, 0.2) is 0 Å². The predicted molar refractivity (Wildman–Crippen MR) is 74.4 cm³/mol. The predicted octanol–water partition coefficient (Wildman–Crippen LogP) is 2.10. The Balaban J connectivity index is 2.97. The lowest BCUT2D eigenvalue weighted by Gasteiger charge is -2.30. The smallest absolute Gasteiger partial charge is 0.195 e. The van der Waals surface area contributed by atoms with E-state index in [2.05, 4.69) is 4.72 Å². The quantitative estimate of drug-likeness (QED) is 0.890. The van der Waals surface area contributed by atoms with E-state index >= 15 is 0 Å². The average molecular weight is 270 g/mol. The summed E-state index contributed by atoms with van der Waals surface area (Å²) >= 11 is 0. The summed E-state index contributed by atoms with van der Waals surface area (Å²) in [6, 6.07) is 9.47. The van der Waals surface area contributed by atoms with Crippen molar-refractivity contribution >= 4 is 10.2 Å². The minimum absolute atomic E-state index is 0.0749. The summed E-state index contributed by atoms with van der Waals surface area (Å²) in [4.78, 5) is 0. The molecule has 0 amide bonds. The molecule has 0 spiro atoms. The lowest BCUT2D eigenvalue weighted by Crippen LogP contribution is -2.49. The lowest BCUT2D eigenvalue weighted by atomic mass is 9.96. The van der Waals surface area contributed by atoms with Gasteiger partial charge in [-0.15, -0.1) is 0 Å². The molecule has 1 N–H and O–H groups in total. The molecule has 4 nitrogen and oxygen atoms in total. The van der Waals surface area contributed by atoms with E-state index in [1.807, 2.05) is 58.0 Å². The summed E-state index contributed by atoms with van der Waals surface area (Å²) in [5.41, 5.74) is 0.300. The van der Waals surface area contributed by atoms with Gasteiger partial charge in [-0.05, 0) is 33.3 Å². The SMILES string of the molecule is CC(C)N(C)S(=O)(=O)NC(C)(C)c1ccccc1. The number of benzene rings is 1. The Morgan fingerprint density at radius 3 is 2.11 bits per heavy atom. The van der Waals surface area contributed by atoms with Gasteiger partial charge >= 0.3 is 0 Å². The van der Waals surface area contributed by atoms with Crippen molar-refractivity contribution in [3.05, 3.63) is 35.9 Å². The summed E-state index contributed by atoms with van der Waals surface area (Å²) in [5, 5.41) is 0. The second-order valence-electron chi connectivity index (χ2n) is 5.21. The molecule has 0 saturated heterocycles. The standard InChI is InChI=1S/C13H22N2O2S/c1-11(2)15(5)18(16,17)14-13(3,4)12-9-7-6-8-10-12/h6-11,14H,1-5H3. The van der Waals surface area contributed by atoms with Crippen LogP contribution in [0, 0.1) is 0 Å². The third-order valence-electron chi connectivity index (χ3n) is 2.99. The number of hydrogen-bond acceptors (Lipinski definition) is 2. The second kappa shape index (κ2) is 5.38. The van der Waals surface area contributed by atoms with Crippen molar-refractivity contribution in [1.29, 1.82) is 0 Å². The molecule has 0 aliphatic heterocycles. The molecule has 0 bridgehead atoms. The molecule has 0 radical (unpaired) electrons. The summed E-state index contributed by atoms with van der Waals surface area (Å²) in [5.74, 6) is 0. The van der Waals surface area contributed by atoms with E-state index in [0.717, 1.165) is 5.56 Å². The topological polar surface area (TPSA) is 49.4 Å². The summed E-state index contributed by atoms with van der Waals surface area (Å²) < 4.78 is 28.4. The molecule has 102 valence electrons. The van der Waals surface area contributed by atoms with Gasteiger partial charge in [0.25, 0.3) is 10.2 Å². The third-order valence-corrected chi connectivity index (χ3v) is 4.93. The Morgan fingerprint density at radius 1 is 1.17 bits per heavy atom. The molecule has 0 aliphatic carbocycles. The molecule has 0 heterocycles. The Bertz CT molecular complexity index is 481. The average Bonchev–Trinajstić information content (AvgIpc) is 2.27. The molecule has 0 aromatic heterocycles. The highest BCUT2D eigenvalue weighted by Gasteiger charge is 2.30. The van der Waals surface area contributed by atoms with Crippen molar-refractivity contribution in [2.24, 2.45) is 0 Å². The van der Waals surface area contributed by atoms with E-state index in [0.29, 0.717) is 0 Å². The lowest BCUT2D eigenvalue weighted by molar-refractivity contribution is 0.378. The molecule has 1 aromatic rings. The van der Waals surface area contributed by atoms with Crippen LogP contribution in [0.5, 0.6) is 0 Å². The first-order valence-electron chi connectivity index (χ1n) is 5.99. The number of rotatable bonds is 5. The van der Waals surface area contributed by atoms with Gasteiger partial charge in [-0.3, -0.25) is 0 Å². The maximum atomic E-state index is 12.2. The van der Waals surface area contributed by atoms with Crippen LogP contribution in [0.3, 0.4) is 0 Å². The number of nitrogens with zero attached hydrogens (tertiary/aromatic N) is 1. The fourth-order valence-corrected chi connectivity index (χ4v) is 3.05. The molecule has 1 aromatic carbocycles. The zero-order chi connectivity index (χ0) is 14.0. The Morgan fingerprint density at radius 2 is 1.67 bits per heavy atom. The zero-order valence-electron chi connectivity index (χ0n) is 11.6. The Kier molecular flexibility index (Phi) is 4.53. The zero-order valence-corrected chi connectivity index (χ0v) is 12.5.